The molecular formula is C21H13Cl2N5. The monoisotopic (exact) mass is 405 g/mol. The highest BCUT2D eigenvalue weighted by molar-refractivity contribution is 6.42. The van der Waals surface area contributed by atoms with Crippen molar-refractivity contribution in [1.29, 1.82) is 0 Å². The van der Waals surface area contributed by atoms with Crippen LogP contribution in [0.25, 0.3) is 33.2 Å². The maximum absolute atomic E-state index is 6.18. The molecule has 2 N–H and O–H groups in total. The molecule has 28 heavy (non-hydrogen) atoms. The zero-order valence-corrected chi connectivity index (χ0v) is 16.0. The van der Waals surface area contributed by atoms with E-state index in [4.69, 9.17) is 33.2 Å². The molecule has 0 unspecified atom stereocenters. The van der Waals surface area contributed by atoms with Gasteiger partial charge in [0.1, 0.15) is 5.82 Å². The Balaban J connectivity index is 1.64. The summed E-state index contributed by atoms with van der Waals surface area (Å²) >= 11 is 12.2. The molecular weight excluding hydrogens is 393 g/mol. The first-order chi connectivity index (χ1) is 13.7. The summed E-state index contributed by atoms with van der Waals surface area (Å²) in [5, 5.41) is 13.4. The fraction of sp³-hybridized carbons (Fsp3) is 0. The molecule has 0 bridgehead atoms. The van der Waals surface area contributed by atoms with Gasteiger partial charge in [-0.05, 0) is 48.5 Å². The summed E-state index contributed by atoms with van der Waals surface area (Å²) in [6, 6.07) is 19.2. The number of rotatable bonds is 3. The molecule has 0 aliphatic carbocycles. The smallest absolute Gasteiger partial charge is 0.162 e. The van der Waals surface area contributed by atoms with Crippen LogP contribution in [0.4, 0.5) is 11.5 Å². The number of H-pyrrole nitrogens is 1. The summed E-state index contributed by atoms with van der Waals surface area (Å²) in [6.07, 6.45) is 1.79. The van der Waals surface area contributed by atoms with E-state index in [9.17, 15) is 0 Å². The molecule has 0 saturated carbocycles. The second-order valence-electron chi connectivity index (χ2n) is 6.34. The third kappa shape index (κ3) is 3.05. The molecule has 2 aromatic heterocycles. The van der Waals surface area contributed by atoms with E-state index in [1.54, 1.807) is 18.3 Å². The normalized spacial score (nSPS) is 11.2. The number of nitrogens with zero attached hydrogens (tertiary/aromatic N) is 3. The number of fused-ring (bicyclic) bond motifs is 2. The van der Waals surface area contributed by atoms with Crippen molar-refractivity contribution in [2.24, 2.45) is 0 Å². The molecule has 5 aromatic rings. The van der Waals surface area contributed by atoms with Crippen LogP contribution in [0.5, 0.6) is 0 Å². The van der Waals surface area contributed by atoms with Crippen molar-refractivity contribution in [1.82, 2.24) is 20.2 Å². The summed E-state index contributed by atoms with van der Waals surface area (Å²) in [5.74, 6) is 1.29. The Bertz CT molecular complexity index is 1330. The first-order valence-corrected chi connectivity index (χ1v) is 9.35. The highest BCUT2D eigenvalue weighted by Gasteiger charge is 2.11. The summed E-state index contributed by atoms with van der Waals surface area (Å²) in [7, 11) is 0. The molecule has 136 valence electrons. The number of benzene rings is 3. The van der Waals surface area contributed by atoms with E-state index in [0.29, 0.717) is 15.9 Å². The molecule has 5 rings (SSSR count). The molecule has 0 spiro atoms. The van der Waals surface area contributed by atoms with E-state index < -0.39 is 0 Å². The third-order valence-corrected chi connectivity index (χ3v) is 5.22. The van der Waals surface area contributed by atoms with Gasteiger partial charge in [0.15, 0.2) is 5.82 Å². The van der Waals surface area contributed by atoms with Crippen LogP contribution in [0.15, 0.2) is 66.9 Å². The van der Waals surface area contributed by atoms with Crippen LogP contribution in [-0.4, -0.2) is 20.2 Å². The van der Waals surface area contributed by atoms with Gasteiger partial charge in [-0.2, -0.15) is 5.10 Å². The van der Waals surface area contributed by atoms with Gasteiger partial charge in [-0.1, -0.05) is 35.3 Å². The first-order valence-electron chi connectivity index (χ1n) is 8.60. The second-order valence-corrected chi connectivity index (χ2v) is 7.15. The van der Waals surface area contributed by atoms with Crippen molar-refractivity contribution >= 4 is 56.5 Å². The molecule has 0 saturated heterocycles. The van der Waals surface area contributed by atoms with Gasteiger partial charge in [-0.15, -0.1) is 0 Å². The van der Waals surface area contributed by atoms with Crippen molar-refractivity contribution in [3.8, 4) is 11.4 Å². The second kappa shape index (κ2) is 6.78. The van der Waals surface area contributed by atoms with Crippen LogP contribution in [0.2, 0.25) is 10.0 Å². The molecule has 7 heteroatoms. The van der Waals surface area contributed by atoms with Gasteiger partial charge < -0.3 is 5.32 Å². The Morgan fingerprint density at radius 2 is 1.75 bits per heavy atom. The molecule has 3 aromatic carbocycles. The lowest BCUT2D eigenvalue weighted by Gasteiger charge is -2.11. The van der Waals surface area contributed by atoms with Crippen LogP contribution < -0.4 is 5.32 Å². The lowest BCUT2D eigenvalue weighted by Crippen LogP contribution is -1.99. The van der Waals surface area contributed by atoms with Crippen LogP contribution in [0.3, 0.4) is 0 Å². The molecule has 2 heterocycles. The standard InChI is InChI=1S/C21H13Cl2N5/c22-16-7-5-12(10-17(16)23)20-26-19-4-2-1-3-15(19)21(27-20)25-14-6-8-18-13(9-14)11-24-28-18/h1-11H,(H,24,28)(H,25,26,27). The van der Waals surface area contributed by atoms with Crippen molar-refractivity contribution in [2.75, 3.05) is 5.32 Å². The highest BCUT2D eigenvalue weighted by Crippen LogP contribution is 2.31. The zero-order valence-electron chi connectivity index (χ0n) is 14.4. The van der Waals surface area contributed by atoms with Gasteiger partial charge in [0.2, 0.25) is 0 Å². The summed E-state index contributed by atoms with van der Waals surface area (Å²) in [6.45, 7) is 0. The van der Waals surface area contributed by atoms with Crippen LogP contribution in [0.1, 0.15) is 0 Å². The number of hydrogen-bond donors (Lipinski definition) is 2. The van der Waals surface area contributed by atoms with Gasteiger partial charge in [0.05, 0.1) is 27.3 Å². The Kier molecular flexibility index (Phi) is 4.11. The molecule has 0 atom stereocenters. The van der Waals surface area contributed by atoms with Gasteiger partial charge >= 0.3 is 0 Å². The maximum atomic E-state index is 6.18. The van der Waals surface area contributed by atoms with E-state index in [1.165, 1.54) is 0 Å². The average molecular weight is 406 g/mol. The third-order valence-electron chi connectivity index (χ3n) is 4.48. The average Bonchev–Trinajstić information content (AvgIpc) is 3.18. The summed E-state index contributed by atoms with van der Waals surface area (Å²) < 4.78 is 0. The zero-order chi connectivity index (χ0) is 19.1. The number of hydrogen-bond acceptors (Lipinski definition) is 4. The number of nitrogens with one attached hydrogen (secondary N) is 2. The highest BCUT2D eigenvalue weighted by atomic mass is 35.5. The number of para-hydroxylation sites is 1. The van der Waals surface area contributed by atoms with Gasteiger partial charge in [-0.3, -0.25) is 5.10 Å². The molecule has 5 nitrogen and oxygen atoms in total. The molecule has 0 fully saturated rings. The predicted molar refractivity (Wildman–Crippen MR) is 114 cm³/mol. The Labute approximate surface area is 170 Å². The Hall–Kier alpha value is -3.15. The Morgan fingerprint density at radius 3 is 2.64 bits per heavy atom. The molecule has 0 radical (unpaired) electrons. The first kappa shape index (κ1) is 17.0. The minimum Gasteiger partial charge on any atom is -0.340 e. The van der Waals surface area contributed by atoms with Crippen molar-refractivity contribution in [3.63, 3.8) is 0 Å². The number of halogens is 2. The number of aromatic amines is 1. The SMILES string of the molecule is Clc1ccc(-c2nc(Nc3ccc4[nH]ncc4c3)c3ccccc3n2)cc1Cl. The van der Waals surface area contributed by atoms with Crippen molar-refractivity contribution < 1.29 is 0 Å². The number of aromatic nitrogens is 4. The molecule has 0 aliphatic heterocycles. The minimum atomic E-state index is 0.468. The van der Waals surface area contributed by atoms with Crippen LogP contribution in [-0.2, 0) is 0 Å². The van der Waals surface area contributed by atoms with Crippen LogP contribution in [0, 0.1) is 0 Å². The quantitative estimate of drug-likeness (QED) is 0.373. The Morgan fingerprint density at radius 1 is 0.857 bits per heavy atom. The van der Waals surface area contributed by atoms with E-state index in [0.717, 1.165) is 38.9 Å². The molecule has 0 aliphatic rings. The molecule has 0 amide bonds. The van der Waals surface area contributed by atoms with E-state index in [-0.39, 0.29) is 0 Å². The van der Waals surface area contributed by atoms with Gasteiger partial charge in [-0.25, -0.2) is 9.97 Å². The fourth-order valence-electron chi connectivity index (χ4n) is 3.09. The fourth-order valence-corrected chi connectivity index (χ4v) is 3.39. The largest absolute Gasteiger partial charge is 0.340 e. The minimum absolute atomic E-state index is 0.468. The van der Waals surface area contributed by atoms with Crippen LogP contribution >= 0.6 is 23.2 Å². The maximum Gasteiger partial charge on any atom is 0.162 e. The van der Waals surface area contributed by atoms with Gasteiger partial charge in [0.25, 0.3) is 0 Å². The van der Waals surface area contributed by atoms with E-state index in [1.807, 2.05) is 48.5 Å². The van der Waals surface area contributed by atoms with E-state index in [2.05, 4.69) is 15.5 Å². The van der Waals surface area contributed by atoms with Crippen molar-refractivity contribution in [3.05, 3.63) is 76.9 Å². The van der Waals surface area contributed by atoms with Gasteiger partial charge in [0, 0.05) is 22.0 Å². The summed E-state index contributed by atoms with van der Waals surface area (Å²) in [4.78, 5) is 9.45. The lowest BCUT2D eigenvalue weighted by atomic mass is 10.1. The topological polar surface area (TPSA) is 66.5 Å². The van der Waals surface area contributed by atoms with Crippen molar-refractivity contribution in [2.45, 2.75) is 0 Å². The van der Waals surface area contributed by atoms with E-state index >= 15 is 0 Å². The lowest BCUT2D eigenvalue weighted by molar-refractivity contribution is 1.12. The predicted octanol–water partition coefficient (Wildman–Crippen LogP) is 6.22. The number of anilines is 2. The summed E-state index contributed by atoms with van der Waals surface area (Å²) in [5.41, 5.74) is 3.53.